The van der Waals surface area contributed by atoms with Crippen LogP contribution in [0.1, 0.15) is 23.5 Å². The van der Waals surface area contributed by atoms with Crippen molar-refractivity contribution < 1.29 is 4.79 Å². The van der Waals surface area contributed by atoms with E-state index in [2.05, 4.69) is 24.3 Å². The number of hydrogen-bond donors (Lipinski definition) is 0. The van der Waals surface area contributed by atoms with Gasteiger partial charge in [-0.25, -0.2) is 0 Å². The van der Waals surface area contributed by atoms with E-state index in [1.54, 1.807) is 6.08 Å². The normalized spacial score (nSPS) is 18.3. The van der Waals surface area contributed by atoms with E-state index in [9.17, 15) is 4.79 Å². The minimum Gasteiger partial charge on any atom is -0.339 e. The Morgan fingerprint density at radius 3 is 2.38 bits per heavy atom. The van der Waals surface area contributed by atoms with Crippen molar-refractivity contribution in [3.8, 4) is 0 Å². The first-order valence-electron chi connectivity index (χ1n) is 7.40. The molecule has 106 valence electrons. The van der Waals surface area contributed by atoms with Gasteiger partial charge in [0, 0.05) is 25.1 Å². The minimum atomic E-state index is 0.109. The van der Waals surface area contributed by atoms with Gasteiger partial charge in [-0.3, -0.25) is 4.79 Å². The quantitative estimate of drug-likeness (QED) is 0.783. The topological polar surface area (TPSA) is 20.3 Å². The molecular weight excluding hydrogens is 258 g/mol. The summed E-state index contributed by atoms with van der Waals surface area (Å²) in [6.45, 7) is 1.67. The lowest BCUT2D eigenvalue weighted by Gasteiger charge is -2.14. The van der Waals surface area contributed by atoms with Crippen molar-refractivity contribution in [1.82, 2.24) is 4.90 Å². The summed E-state index contributed by atoms with van der Waals surface area (Å²) in [5.74, 6) is 0.581. The number of nitrogens with zero attached hydrogens (tertiary/aromatic N) is 1. The van der Waals surface area contributed by atoms with Crippen LogP contribution in [0.4, 0.5) is 0 Å². The molecule has 2 heteroatoms. The second-order valence-electron chi connectivity index (χ2n) is 5.42. The minimum absolute atomic E-state index is 0.109. The first-order valence-corrected chi connectivity index (χ1v) is 7.40. The third-order valence-corrected chi connectivity index (χ3v) is 3.99. The Hall–Kier alpha value is -2.35. The van der Waals surface area contributed by atoms with Crippen LogP contribution in [0.5, 0.6) is 0 Å². The van der Waals surface area contributed by atoms with Crippen molar-refractivity contribution in [2.24, 2.45) is 0 Å². The smallest absolute Gasteiger partial charge is 0.246 e. The third-order valence-electron chi connectivity index (χ3n) is 3.99. The molecule has 3 rings (SSSR count). The van der Waals surface area contributed by atoms with E-state index in [1.165, 1.54) is 5.56 Å². The Morgan fingerprint density at radius 1 is 1.00 bits per heavy atom. The van der Waals surface area contributed by atoms with Gasteiger partial charge in [0.2, 0.25) is 5.91 Å². The molecule has 1 fully saturated rings. The SMILES string of the molecule is O=C(C=Cc1ccccc1)N1CCC(c2ccccc2)C1. The van der Waals surface area contributed by atoms with Crippen molar-refractivity contribution >= 4 is 12.0 Å². The Kier molecular flexibility index (Phi) is 4.15. The van der Waals surface area contributed by atoms with Gasteiger partial charge in [0.1, 0.15) is 0 Å². The van der Waals surface area contributed by atoms with E-state index in [1.807, 2.05) is 47.4 Å². The Morgan fingerprint density at radius 2 is 1.67 bits per heavy atom. The van der Waals surface area contributed by atoms with E-state index in [0.717, 1.165) is 25.1 Å². The summed E-state index contributed by atoms with van der Waals surface area (Å²) in [7, 11) is 0. The van der Waals surface area contributed by atoms with Gasteiger partial charge in [0.25, 0.3) is 0 Å². The summed E-state index contributed by atoms with van der Waals surface area (Å²) >= 11 is 0. The second kappa shape index (κ2) is 6.40. The zero-order valence-electron chi connectivity index (χ0n) is 12.0. The molecule has 1 unspecified atom stereocenters. The van der Waals surface area contributed by atoms with Crippen molar-refractivity contribution in [1.29, 1.82) is 0 Å². The maximum Gasteiger partial charge on any atom is 0.246 e. The number of amides is 1. The number of likely N-dealkylation sites (tertiary alicyclic amines) is 1. The highest BCUT2D eigenvalue weighted by Gasteiger charge is 2.25. The van der Waals surface area contributed by atoms with Gasteiger partial charge >= 0.3 is 0 Å². The zero-order chi connectivity index (χ0) is 14.5. The first-order chi connectivity index (χ1) is 10.3. The predicted molar refractivity (Wildman–Crippen MR) is 85.9 cm³/mol. The summed E-state index contributed by atoms with van der Waals surface area (Å²) < 4.78 is 0. The molecule has 1 atom stereocenters. The lowest BCUT2D eigenvalue weighted by atomic mass is 9.99. The van der Waals surface area contributed by atoms with Crippen LogP contribution in [0.15, 0.2) is 66.7 Å². The van der Waals surface area contributed by atoms with Crippen LogP contribution in [-0.4, -0.2) is 23.9 Å². The Bertz CT molecular complexity index is 619. The number of carbonyl (C=O) groups excluding carboxylic acids is 1. The van der Waals surface area contributed by atoms with Crippen LogP contribution >= 0.6 is 0 Å². The zero-order valence-corrected chi connectivity index (χ0v) is 12.0. The average molecular weight is 277 g/mol. The molecular formula is C19H19NO. The molecule has 0 spiro atoms. The predicted octanol–water partition coefficient (Wildman–Crippen LogP) is 3.72. The van der Waals surface area contributed by atoms with E-state index in [0.29, 0.717) is 5.92 Å². The largest absolute Gasteiger partial charge is 0.339 e. The van der Waals surface area contributed by atoms with Gasteiger partial charge in [-0.2, -0.15) is 0 Å². The molecule has 2 nitrogen and oxygen atoms in total. The lowest BCUT2D eigenvalue weighted by molar-refractivity contribution is -0.124. The van der Waals surface area contributed by atoms with E-state index >= 15 is 0 Å². The average Bonchev–Trinajstić information content (AvgIpc) is 3.04. The van der Waals surface area contributed by atoms with Gasteiger partial charge in [-0.1, -0.05) is 60.7 Å². The fourth-order valence-corrected chi connectivity index (χ4v) is 2.79. The fraction of sp³-hybridized carbons (Fsp3) is 0.211. The molecule has 0 N–H and O–H groups in total. The third kappa shape index (κ3) is 3.40. The van der Waals surface area contributed by atoms with Crippen LogP contribution < -0.4 is 0 Å². The number of hydrogen-bond acceptors (Lipinski definition) is 1. The van der Waals surface area contributed by atoms with E-state index < -0.39 is 0 Å². The molecule has 0 radical (unpaired) electrons. The van der Waals surface area contributed by atoms with Crippen LogP contribution in [-0.2, 0) is 4.79 Å². The van der Waals surface area contributed by atoms with Crippen LogP contribution in [0.3, 0.4) is 0 Å². The van der Waals surface area contributed by atoms with Crippen LogP contribution in [0.25, 0.3) is 6.08 Å². The summed E-state index contributed by atoms with van der Waals surface area (Å²) in [5.41, 5.74) is 2.39. The fourth-order valence-electron chi connectivity index (χ4n) is 2.79. The van der Waals surface area contributed by atoms with Gasteiger partial charge in [0.15, 0.2) is 0 Å². The highest BCUT2D eigenvalue weighted by molar-refractivity contribution is 5.92. The maximum atomic E-state index is 12.2. The van der Waals surface area contributed by atoms with Gasteiger partial charge < -0.3 is 4.90 Å². The molecule has 1 saturated heterocycles. The second-order valence-corrected chi connectivity index (χ2v) is 5.42. The van der Waals surface area contributed by atoms with Crippen molar-refractivity contribution in [3.63, 3.8) is 0 Å². The number of carbonyl (C=O) groups is 1. The molecule has 1 heterocycles. The molecule has 0 aliphatic carbocycles. The monoisotopic (exact) mass is 277 g/mol. The molecule has 1 aliphatic heterocycles. The molecule has 2 aromatic carbocycles. The molecule has 1 aliphatic rings. The van der Waals surface area contributed by atoms with Crippen molar-refractivity contribution in [3.05, 3.63) is 77.9 Å². The van der Waals surface area contributed by atoms with Crippen LogP contribution in [0, 0.1) is 0 Å². The van der Waals surface area contributed by atoms with Crippen LogP contribution in [0.2, 0.25) is 0 Å². The lowest BCUT2D eigenvalue weighted by Crippen LogP contribution is -2.26. The molecule has 0 bridgehead atoms. The van der Waals surface area contributed by atoms with Gasteiger partial charge in [-0.15, -0.1) is 0 Å². The highest BCUT2D eigenvalue weighted by atomic mass is 16.2. The molecule has 0 saturated carbocycles. The van der Waals surface area contributed by atoms with Crippen molar-refractivity contribution in [2.75, 3.05) is 13.1 Å². The van der Waals surface area contributed by atoms with E-state index in [-0.39, 0.29) is 5.91 Å². The molecule has 0 aromatic heterocycles. The Labute approximate surface area is 125 Å². The van der Waals surface area contributed by atoms with E-state index in [4.69, 9.17) is 0 Å². The highest BCUT2D eigenvalue weighted by Crippen LogP contribution is 2.27. The standard InChI is InChI=1S/C19H19NO/c21-19(12-11-16-7-3-1-4-8-16)20-14-13-18(15-20)17-9-5-2-6-10-17/h1-12,18H,13-15H2. The van der Waals surface area contributed by atoms with Gasteiger partial charge in [-0.05, 0) is 23.6 Å². The summed E-state index contributed by atoms with van der Waals surface area (Å²) in [6.07, 6.45) is 4.62. The summed E-state index contributed by atoms with van der Waals surface area (Å²) in [5, 5.41) is 0. The maximum absolute atomic E-state index is 12.2. The summed E-state index contributed by atoms with van der Waals surface area (Å²) in [6, 6.07) is 20.4. The van der Waals surface area contributed by atoms with Crippen molar-refractivity contribution in [2.45, 2.75) is 12.3 Å². The number of rotatable bonds is 3. The molecule has 2 aromatic rings. The molecule has 21 heavy (non-hydrogen) atoms. The van der Waals surface area contributed by atoms with Gasteiger partial charge in [0.05, 0.1) is 0 Å². The number of benzene rings is 2. The molecule has 1 amide bonds. The Balaban J connectivity index is 1.61. The summed E-state index contributed by atoms with van der Waals surface area (Å²) in [4.78, 5) is 14.2. The first kappa shape index (κ1) is 13.6.